The van der Waals surface area contributed by atoms with E-state index in [9.17, 15) is 13.2 Å². The molecular formula is C17H16BBrN2O4S. The Morgan fingerprint density at radius 2 is 1.77 bits per heavy atom. The van der Waals surface area contributed by atoms with Crippen LogP contribution in [0.2, 0.25) is 0 Å². The van der Waals surface area contributed by atoms with Crippen molar-refractivity contribution in [3.63, 3.8) is 0 Å². The Bertz CT molecular complexity index is 913. The number of sulfonamides is 1. The number of halogens is 1. The van der Waals surface area contributed by atoms with Gasteiger partial charge in [0.2, 0.25) is 10.0 Å². The normalized spacial score (nSPS) is 15.6. The summed E-state index contributed by atoms with van der Waals surface area (Å²) in [4.78, 5) is 12.4. The number of carbonyl (C=O) groups excluding carboxylic acids is 1. The molecule has 1 aliphatic rings. The molecule has 3 rings (SSSR count). The molecule has 2 aromatic carbocycles. The van der Waals surface area contributed by atoms with E-state index in [1.807, 2.05) is 0 Å². The van der Waals surface area contributed by atoms with Gasteiger partial charge in [0.1, 0.15) is 7.85 Å². The van der Waals surface area contributed by atoms with Crippen molar-refractivity contribution in [3.05, 3.63) is 52.5 Å². The lowest BCUT2D eigenvalue weighted by Crippen LogP contribution is -2.42. The second-order valence-electron chi connectivity index (χ2n) is 5.73. The molecule has 0 saturated carbocycles. The lowest BCUT2D eigenvalue weighted by atomic mass is 9.95. The maximum Gasteiger partial charge on any atom is 0.255 e. The predicted octanol–water partition coefficient (Wildman–Crippen LogP) is 1.52. The maximum atomic E-state index is 12.8. The standard InChI is InChI=1S/C17H16BBrN2O4S/c18-15-6-1-12(17(22)20-14-4-2-13(19)3-5-14)11-16(15)26(23,24)21-7-9-25-10-8-21/h1-6,11H,7-10H2,(H,20,22). The van der Waals surface area contributed by atoms with Crippen LogP contribution < -0.4 is 10.8 Å². The Hall–Kier alpha value is -1.68. The largest absolute Gasteiger partial charge is 0.379 e. The predicted molar refractivity (Wildman–Crippen MR) is 104 cm³/mol. The van der Waals surface area contributed by atoms with Gasteiger partial charge in [-0.1, -0.05) is 27.5 Å². The third-order valence-corrected chi connectivity index (χ3v) is 6.45. The Labute approximate surface area is 162 Å². The van der Waals surface area contributed by atoms with E-state index in [1.54, 1.807) is 24.3 Å². The van der Waals surface area contributed by atoms with E-state index in [0.29, 0.717) is 18.9 Å². The molecule has 1 fully saturated rings. The molecule has 1 amide bonds. The van der Waals surface area contributed by atoms with Crippen LogP contribution in [-0.4, -0.2) is 52.8 Å². The van der Waals surface area contributed by atoms with Gasteiger partial charge in [-0.15, -0.1) is 0 Å². The van der Waals surface area contributed by atoms with Crippen LogP contribution in [0, 0.1) is 0 Å². The van der Waals surface area contributed by atoms with Gasteiger partial charge >= 0.3 is 0 Å². The third kappa shape index (κ3) is 4.17. The van der Waals surface area contributed by atoms with Gasteiger partial charge < -0.3 is 10.1 Å². The number of anilines is 1. The molecule has 1 saturated heterocycles. The third-order valence-electron chi connectivity index (χ3n) is 3.97. The van der Waals surface area contributed by atoms with Gasteiger partial charge in [-0.2, -0.15) is 4.31 Å². The smallest absolute Gasteiger partial charge is 0.255 e. The van der Waals surface area contributed by atoms with Gasteiger partial charge in [0.15, 0.2) is 0 Å². The van der Waals surface area contributed by atoms with Crippen molar-refractivity contribution in [2.75, 3.05) is 31.6 Å². The molecule has 0 spiro atoms. The minimum atomic E-state index is -3.79. The number of hydrogen-bond acceptors (Lipinski definition) is 4. The van der Waals surface area contributed by atoms with E-state index in [4.69, 9.17) is 12.6 Å². The lowest BCUT2D eigenvalue weighted by molar-refractivity contribution is 0.0730. The first-order chi connectivity index (χ1) is 12.4. The summed E-state index contributed by atoms with van der Waals surface area (Å²) in [5.41, 5.74) is 0.929. The van der Waals surface area contributed by atoms with E-state index >= 15 is 0 Å². The molecule has 1 aliphatic heterocycles. The summed E-state index contributed by atoms with van der Waals surface area (Å²) in [5, 5.41) is 2.73. The SMILES string of the molecule is [B]c1ccc(C(=O)Nc2ccc(Br)cc2)cc1S(=O)(=O)N1CCOCC1. The van der Waals surface area contributed by atoms with E-state index in [0.717, 1.165) is 4.47 Å². The number of morpholine rings is 1. The van der Waals surface area contributed by atoms with Crippen LogP contribution in [0.25, 0.3) is 0 Å². The highest BCUT2D eigenvalue weighted by Crippen LogP contribution is 2.18. The number of amides is 1. The summed E-state index contributed by atoms with van der Waals surface area (Å²) in [6.45, 7) is 1.19. The molecule has 9 heteroatoms. The summed E-state index contributed by atoms with van der Waals surface area (Å²) >= 11 is 3.33. The average Bonchev–Trinajstić information content (AvgIpc) is 2.64. The minimum absolute atomic E-state index is 0.0668. The number of ether oxygens (including phenoxy) is 1. The fraction of sp³-hybridized carbons (Fsp3) is 0.235. The van der Waals surface area contributed by atoms with Crippen LogP contribution in [0.15, 0.2) is 51.8 Å². The Kier molecular flexibility index (Phi) is 5.81. The molecule has 6 nitrogen and oxygen atoms in total. The van der Waals surface area contributed by atoms with Gasteiger partial charge in [0.05, 0.1) is 18.1 Å². The first-order valence-corrected chi connectivity index (χ1v) is 10.2. The summed E-state index contributed by atoms with van der Waals surface area (Å²) in [6.07, 6.45) is 0. The topological polar surface area (TPSA) is 75.7 Å². The first kappa shape index (κ1) is 19.1. The van der Waals surface area contributed by atoms with Crippen molar-refractivity contribution >= 4 is 50.9 Å². The maximum absolute atomic E-state index is 12.8. The van der Waals surface area contributed by atoms with Crippen LogP contribution in [0.4, 0.5) is 5.69 Å². The Morgan fingerprint density at radius 3 is 2.42 bits per heavy atom. The van der Waals surface area contributed by atoms with Gasteiger partial charge in [0.25, 0.3) is 5.91 Å². The summed E-state index contributed by atoms with van der Waals surface area (Å²) in [6, 6.07) is 11.3. The highest BCUT2D eigenvalue weighted by molar-refractivity contribution is 9.10. The lowest BCUT2D eigenvalue weighted by Gasteiger charge is -2.27. The molecule has 0 bridgehead atoms. The molecule has 2 aromatic rings. The monoisotopic (exact) mass is 434 g/mol. The van der Waals surface area contributed by atoms with Crippen LogP contribution in [0.5, 0.6) is 0 Å². The molecule has 26 heavy (non-hydrogen) atoms. The second-order valence-corrected chi connectivity index (χ2v) is 8.55. The van der Waals surface area contributed by atoms with Crippen molar-refractivity contribution < 1.29 is 17.9 Å². The van der Waals surface area contributed by atoms with Crippen LogP contribution in [-0.2, 0) is 14.8 Å². The van der Waals surface area contributed by atoms with Crippen molar-refractivity contribution in [2.45, 2.75) is 4.90 Å². The first-order valence-electron chi connectivity index (χ1n) is 7.92. The zero-order valence-electron chi connectivity index (χ0n) is 13.8. The van der Waals surface area contributed by atoms with Crippen molar-refractivity contribution in [1.29, 1.82) is 0 Å². The molecule has 0 aliphatic carbocycles. The van der Waals surface area contributed by atoms with Crippen molar-refractivity contribution in [3.8, 4) is 0 Å². The Morgan fingerprint density at radius 1 is 1.12 bits per heavy atom. The summed E-state index contributed by atoms with van der Waals surface area (Å²) in [5.74, 6) is -0.411. The van der Waals surface area contributed by atoms with Crippen LogP contribution in [0.1, 0.15) is 10.4 Å². The van der Waals surface area contributed by atoms with Gasteiger partial charge in [0, 0.05) is 28.8 Å². The Balaban J connectivity index is 1.87. The molecule has 0 unspecified atom stereocenters. The summed E-state index contributed by atoms with van der Waals surface area (Å²) < 4.78 is 33.1. The molecule has 0 aromatic heterocycles. The molecule has 2 radical (unpaired) electrons. The van der Waals surface area contributed by atoms with Gasteiger partial charge in [-0.25, -0.2) is 8.42 Å². The molecule has 134 valence electrons. The molecule has 0 atom stereocenters. The van der Waals surface area contributed by atoms with Gasteiger partial charge in [-0.3, -0.25) is 4.79 Å². The summed E-state index contributed by atoms with van der Waals surface area (Å²) in [7, 11) is 2.09. The minimum Gasteiger partial charge on any atom is -0.379 e. The zero-order valence-corrected chi connectivity index (χ0v) is 16.2. The molecular weight excluding hydrogens is 419 g/mol. The van der Waals surface area contributed by atoms with E-state index in [1.165, 1.54) is 22.5 Å². The average molecular weight is 435 g/mol. The number of rotatable bonds is 4. The highest BCUT2D eigenvalue weighted by Gasteiger charge is 2.28. The number of nitrogens with zero attached hydrogens (tertiary/aromatic N) is 1. The molecule has 1 N–H and O–H groups in total. The van der Waals surface area contributed by atoms with Crippen LogP contribution in [0.3, 0.4) is 0 Å². The van der Waals surface area contributed by atoms with E-state index in [-0.39, 0.29) is 29.0 Å². The quantitative estimate of drug-likeness (QED) is 0.740. The van der Waals surface area contributed by atoms with Crippen molar-refractivity contribution in [1.82, 2.24) is 4.31 Å². The van der Waals surface area contributed by atoms with Gasteiger partial charge in [-0.05, 0) is 36.4 Å². The van der Waals surface area contributed by atoms with E-state index in [2.05, 4.69) is 21.2 Å². The fourth-order valence-corrected chi connectivity index (χ4v) is 4.38. The van der Waals surface area contributed by atoms with Crippen LogP contribution >= 0.6 is 15.9 Å². The number of hydrogen-bond donors (Lipinski definition) is 1. The number of carbonyl (C=O) groups is 1. The highest BCUT2D eigenvalue weighted by atomic mass is 79.9. The van der Waals surface area contributed by atoms with E-state index < -0.39 is 15.9 Å². The molecule has 1 heterocycles. The second kappa shape index (κ2) is 7.91. The fourth-order valence-electron chi connectivity index (χ4n) is 2.56. The number of nitrogens with one attached hydrogen (secondary N) is 1. The number of benzene rings is 2. The zero-order chi connectivity index (χ0) is 18.7. The van der Waals surface area contributed by atoms with Crippen molar-refractivity contribution in [2.24, 2.45) is 0 Å².